The maximum atomic E-state index is 10.0. The van der Waals surface area contributed by atoms with Crippen LogP contribution in [-0.4, -0.2) is 19.3 Å². The minimum absolute atomic E-state index is 0.594. The zero-order valence-corrected chi connectivity index (χ0v) is 13.3. The Bertz CT molecular complexity index is 596. The molecule has 0 spiro atoms. The molecular weight excluding hydrogens is 286 g/mol. The lowest BCUT2D eigenvalue weighted by Gasteiger charge is -2.25. The number of hydrogen-bond donors (Lipinski definition) is 1. The predicted octanol–water partition coefficient (Wildman–Crippen LogP) is 4.04. The zero-order valence-electron chi connectivity index (χ0n) is 12.5. The fourth-order valence-corrected chi connectivity index (χ4v) is 2.54. The van der Waals surface area contributed by atoms with Crippen molar-refractivity contribution < 1.29 is 9.84 Å². The Labute approximate surface area is 130 Å². The average Bonchev–Trinajstić information content (AvgIpc) is 2.48. The van der Waals surface area contributed by atoms with Crippen LogP contribution in [0.2, 0.25) is 5.02 Å². The highest BCUT2D eigenvalue weighted by Gasteiger charge is 2.16. The van der Waals surface area contributed by atoms with Gasteiger partial charge in [-0.25, -0.2) is 0 Å². The van der Waals surface area contributed by atoms with Gasteiger partial charge < -0.3 is 14.7 Å². The van der Waals surface area contributed by atoms with Crippen molar-refractivity contribution in [2.45, 2.75) is 19.6 Å². The molecule has 1 atom stereocenters. The van der Waals surface area contributed by atoms with Crippen LogP contribution in [0.25, 0.3) is 0 Å². The van der Waals surface area contributed by atoms with Crippen LogP contribution in [0.5, 0.6) is 5.75 Å². The molecule has 0 fully saturated rings. The van der Waals surface area contributed by atoms with Gasteiger partial charge in [-0.2, -0.15) is 0 Å². The third-order valence-electron chi connectivity index (χ3n) is 3.43. The lowest BCUT2D eigenvalue weighted by molar-refractivity contribution is 0.194. The Hall–Kier alpha value is -1.71. The summed E-state index contributed by atoms with van der Waals surface area (Å²) in [7, 11) is 3.61. The van der Waals surface area contributed by atoms with E-state index < -0.39 is 6.10 Å². The van der Waals surface area contributed by atoms with Crippen molar-refractivity contribution in [3.8, 4) is 5.75 Å². The molecule has 2 aromatic rings. The molecule has 21 heavy (non-hydrogen) atoms. The van der Waals surface area contributed by atoms with Crippen molar-refractivity contribution >= 4 is 17.3 Å². The second kappa shape index (κ2) is 6.83. The Morgan fingerprint density at radius 3 is 2.43 bits per heavy atom. The van der Waals surface area contributed by atoms with Crippen LogP contribution in [0.1, 0.15) is 24.2 Å². The van der Waals surface area contributed by atoms with Gasteiger partial charge in [0.2, 0.25) is 0 Å². The molecule has 2 aromatic carbocycles. The number of hydrogen-bond acceptors (Lipinski definition) is 3. The molecule has 0 amide bonds. The summed E-state index contributed by atoms with van der Waals surface area (Å²) >= 11 is 5.91. The Kier molecular flexibility index (Phi) is 5.10. The lowest BCUT2D eigenvalue weighted by Crippen LogP contribution is -2.19. The summed E-state index contributed by atoms with van der Waals surface area (Å²) in [6, 6.07) is 13.5. The van der Waals surface area contributed by atoms with Crippen molar-refractivity contribution in [1.29, 1.82) is 0 Å². The topological polar surface area (TPSA) is 32.7 Å². The molecule has 0 radical (unpaired) electrons. The van der Waals surface area contributed by atoms with E-state index in [1.54, 1.807) is 14.0 Å². The molecule has 0 saturated carbocycles. The van der Waals surface area contributed by atoms with Crippen LogP contribution in [0, 0.1) is 0 Å². The lowest BCUT2D eigenvalue weighted by atomic mass is 10.1. The first-order valence-electron chi connectivity index (χ1n) is 6.83. The molecule has 0 aliphatic heterocycles. The monoisotopic (exact) mass is 305 g/mol. The summed E-state index contributed by atoms with van der Waals surface area (Å²) in [5, 5.41) is 10.8. The van der Waals surface area contributed by atoms with Gasteiger partial charge in [0.25, 0.3) is 0 Å². The van der Waals surface area contributed by atoms with E-state index in [-0.39, 0.29) is 0 Å². The summed E-state index contributed by atoms with van der Waals surface area (Å²) in [6.45, 7) is 2.47. The van der Waals surface area contributed by atoms with E-state index in [0.717, 1.165) is 28.4 Å². The molecule has 1 N–H and O–H groups in total. The molecule has 0 aliphatic rings. The Morgan fingerprint density at radius 1 is 1.19 bits per heavy atom. The van der Waals surface area contributed by atoms with E-state index in [1.165, 1.54) is 0 Å². The van der Waals surface area contributed by atoms with Gasteiger partial charge in [-0.3, -0.25) is 0 Å². The number of methoxy groups -OCH3 is 1. The number of anilines is 1. The molecule has 0 unspecified atom stereocenters. The Morgan fingerprint density at radius 2 is 1.86 bits per heavy atom. The molecule has 3 nitrogen and oxygen atoms in total. The molecule has 0 aromatic heterocycles. The highest BCUT2D eigenvalue weighted by molar-refractivity contribution is 6.30. The molecule has 2 rings (SSSR count). The number of nitrogens with zero attached hydrogens (tertiary/aromatic N) is 1. The summed E-state index contributed by atoms with van der Waals surface area (Å²) in [5.41, 5.74) is 2.91. The van der Waals surface area contributed by atoms with Gasteiger partial charge >= 0.3 is 0 Å². The highest BCUT2D eigenvalue weighted by atomic mass is 35.5. The maximum Gasteiger partial charge on any atom is 0.126 e. The van der Waals surface area contributed by atoms with Gasteiger partial charge in [0, 0.05) is 29.9 Å². The summed E-state index contributed by atoms with van der Waals surface area (Å²) in [5.74, 6) is 0.699. The van der Waals surface area contributed by atoms with Gasteiger partial charge in [-0.05, 0) is 36.8 Å². The second-order valence-electron chi connectivity index (χ2n) is 5.05. The molecule has 0 aliphatic carbocycles. The first kappa shape index (κ1) is 15.7. The van der Waals surface area contributed by atoms with Crippen molar-refractivity contribution in [2.75, 3.05) is 19.1 Å². The molecule has 0 heterocycles. The first-order chi connectivity index (χ1) is 10.0. The van der Waals surface area contributed by atoms with E-state index in [1.807, 2.05) is 49.5 Å². The molecule has 0 bridgehead atoms. The highest BCUT2D eigenvalue weighted by Crippen LogP contribution is 2.34. The van der Waals surface area contributed by atoms with E-state index in [4.69, 9.17) is 16.3 Å². The minimum Gasteiger partial charge on any atom is -0.496 e. The largest absolute Gasteiger partial charge is 0.496 e. The number of aliphatic hydroxyl groups excluding tert-OH is 1. The quantitative estimate of drug-likeness (QED) is 0.905. The second-order valence-corrected chi connectivity index (χ2v) is 5.49. The van der Waals surface area contributed by atoms with Crippen LogP contribution in [0.4, 0.5) is 5.69 Å². The maximum absolute atomic E-state index is 10.0. The van der Waals surface area contributed by atoms with E-state index in [2.05, 4.69) is 4.90 Å². The van der Waals surface area contributed by atoms with Crippen molar-refractivity contribution in [1.82, 2.24) is 0 Å². The molecule has 112 valence electrons. The van der Waals surface area contributed by atoms with E-state index in [9.17, 15) is 5.11 Å². The smallest absolute Gasteiger partial charge is 0.126 e. The number of rotatable bonds is 5. The zero-order chi connectivity index (χ0) is 15.4. The van der Waals surface area contributed by atoms with Gasteiger partial charge in [-0.15, -0.1) is 0 Å². The van der Waals surface area contributed by atoms with Gasteiger partial charge in [0.1, 0.15) is 5.75 Å². The summed E-state index contributed by atoms with van der Waals surface area (Å²) < 4.78 is 5.36. The van der Waals surface area contributed by atoms with E-state index >= 15 is 0 Å². The number of benzene rings is 2. The number of ether oxygens (including phenoxy) is 1. The van der Waals surface area contributed by atoms with Gasteiger partial charge in [-0.1, -0.05) is 29.8 Å². The number of halogens is 1. The van der Waals surface area contributed by atoms with Crippen LogP contribution in [0.3, 0.4) is 0 Å². The van der Waals surface area contributed by atoms with Crippen LogP contribution >= 0.6 is 11.6 Å². The third kappa shape index (κ3) is 3.69. The van der Waals surface area contributed by atoms with Gasteiger partial charge in [0.15, 0.2) is 0 Å². The van der Waals surface area contributed by atoms with Crippen molar-refractivity contribution in [3.05, 3.63) is 58.6 Å². The van der Waals surface area contributed by atoms with E-state index in [0.29, 0.717) is 5.75 Å². The fraction of sp³-hybridized carbons (Fsp3) is 0.294. The van der Waals surface area contributed by atoms with Crippen LogP contribution in [0.15, 0.2) is 42.5 Å². The first-order valence-corrected chi connectivity index (χ1v) is 7.21. The molecular formula is C17H20ClNO2. The SMILES string of the molecule is COc1cccc(N(C)Cc2ccc(Cl)cc2)c1[C@H](C)O. The fourth-order valence-electron chi connectivity index (χ4n) is 2.41. The molecule has 4 heteroatoms. The van der Waals surface area contributed by atoms with Crippen LogP contribution in [-0.2, 0) is 6.54 Å². The van der Waals surface area contributed by atoms with Crippen molar-refractivity contribution in [3.63, 3.8) is 0 Å². The van der Waals surface area contributed by atoms with Crippen LogP contribution < -0.4 is 9.64 Å². The Balaban J connectivity index is 2.30. The van der Waals surface area contributed by atoms with Crippen molar-refractivity contribution in [2.24, 2.45) is 0 Å². The van der Waals surface area contributed by atoms with Gasteiger partial charge in [0.05, 0.1) is 13.2 Å². The average molecular weight is 306 g/mol. The third-order valence-corrected chi connectivity index (χ3v) is 3.68. The summed E-state index contributed by atoms with van der Waals surface area (Å²) in [4.78, 5) is 2.09. The number of aliphatic hydroxyl groups is 1. The standard InChI is InChI=1S/C17H20ClNO2/c1-12(20)17-15(5-4-6-16(17)21-3)19(2)11-13-7-9-14(18)10-8-13/h4-10,12,20H,11H2,1-3H3/t12-/m0/s1. The predicted molar refractivity (Wildman–Crippen MR) is 87.2 cm³/mol. The minimum atomic E-state index is -0.594. The molecule has 0 saturated heterocycles. The summed E-state index contributed by atoms with van der Waals surface area (Å²) in [6.07, 6.45) is -0.594. The normalized spacial score (nSPS) is 12.0.